The summed E-state index contributed by atoms with van der Waals surface area (Å²) < 4.78 is 26.1. The average Bonchev–Trinajstić information content (AvgIpc) is 3.21. The van der Waals surface area contributed by atoms with Gasteiger partial charge in [0, 0.05) is 25.7 Å². The van der Waals surface area contributed by atoms with Crippen LogP contribution in [0, 0.1) is 5.82 Å². The minimum Gasteiger partial charge on any atom is -0.486 e. The second-order valence-corrected chi connectivity index (χ2v) is 7.04. The number of likely N-dealkylation sites (N-methyl/N-ethyl adjacent to an activating group) is 1. The van der Waals surface area contributed by atoms with Crippen molar-refractivity contribution in [3.63, 3.8) is 0 Å². The molecule has 1 unspecified atom stereocenters. The number of carbonyl (C=O) groups excluding carboxylic acids is 1. The van der Waals surface area contributed by atoms with E-state index in [4.69, 9.17) is 9.47 Å². The van der Waals surface area contributed by atoms with Gasteiger partial charge in [0.1, 0.15) is 12.4 Å². The number of hydrogen-bond acceptors (Lipinski definition) is 4. The topological polar surface area (TPSA) is 42.0 Å². The molecule has 0 bridgehead atoms. The van der Waals surface area contributed by atoms with Crippen molar-refractivity contribution < 1.29 is 18.7 Å². The first kappa shape index (κ1) is 17.6. The molecule has 5 nitrogen and oxygen atoms in total. The number of anilines is 1. The highest BCUT2D eigenvalue weighted by molar-refractivity contribution is 5.94. The number of para-hydroxylation sites is 2. The molecule has 2 aliphatic heterocycles. The molecule has 1 amide bonds. The fourth-order valence-electron chi connectivity index (χ4n) is 3.62. The Morgan fingerprint density at radius 1 is 1.19 bits per heavy atom. The van der Waals surface area contributed by atoms with Crippen molar-refractivity contribution in [1.82, 2.24) is 4.90 Å². The molecule has 0 N–H and O–H groups in total. The Labute approximate surface area is 158 Å². The first-order valence-corrected chi connectivity index (χ1v) is 9.30. The van der Waals surface area contributed by atoms with E-state index in [2.05, 4.69) is 0 Å². The van der Waals surface area contributed by atoms with Gasteiger partial charge in [0.2, 0.25) is 0 Å². The van der Waals surface area contributed by atoms with Gasteiger partial charge in [0.15, 0.2) is 17.6 Å². The van der Waals surface area contributed by atoms with Crippen LogP contribution in [0.2, 0.25) is 0 Å². The maximum atomic E-state index is 14.5. The summed E-state index contributed by atoms with van der Waals surface area (Å²) in [5.74, 6) is 0.810. The molecular weight excluding hydrogens is 347 g/mol. The van der Waals surface area contributed by atoms with Crippen LogP contribution >= 0.6 is 0 Å². The number of nitrogens with zero attached hydrogens (tertiary/aromatic N) is 2. The molecule has 142 valence electrons. The number of fused-ring (bicyclic) bond motifs is 1. The molecule has 0 spiro atoms. The van der Waals surface area contributed by atoms with Crippen LogP contribution in [0.15, 0.2) is 42.5 Å². The number of carbonyl (C=O) groups is 1. The molecule has 27 heavy (non-hydrogen) atoms. The van der Waals surface area contributed by atoms with Gasteiger partial charge < -0.3 is 19.3 Å². The molecule has 2 aromatic carbocycles. The number of ether oxygens (including phenoxy) is 2. The van der Waals surface area contributed by atoms with Crippen LogP contribution in [0.4, 0.5) is 10.1 Å². The molecule has 0 aliphatic carbocycles. The lowest BCUT2D eigenvalue weighted by Crippen LogP contribution is -2.41. The van der Waals surface area contributed by atoms with Gasteiger partial charge in [-0.25, -0.2) is 4.39 Å². The summed E-state index contributed by atoms with van der Waals surface area (Å²) in [7, 11) is 1.69. The number of benzene rings is 2. The van der Waals surface area contributed by atoms with Gasteiger partial charge in [-0.15, -0.1) is 0 Å². The van der Waals surface area contributed by atoms with Crippen molar-refractivity contribution in [2.45, 2.75) is 18.9 Å². The van der Waals surface area contributed by atoms with E-state index in [9.17, 15) is 9.18 Å². The van der Waals surface area contributed by atoms with Crippen LogP contribution in [-0.4, -0.2) is 50.2 Å². The molecule has 2 aliphatic rings. The fourth-order valence-corrected chi connectivity index (χ4v) is 3.62. The lowest BCUT2D eigenvalue weighted by atomic mass is 10.1. The third kappa shape index (κ3) is 3.70. The number of amides is 1. The SMILES string of the molecule is CN(CC1COc2ccccc2O1)C(=O)c1ccc(N2CCCC2)c(F)c1. The van der Waals surface area contributed by atoms with Crippen molar-refractivity contribution in [2.24, 2.45) is 0 Å². The number of rotatable bonds is 4. The van der Waals surface area contributed by atoms with Gasteiger partial charge >= 0.3 is 0 Å². The maximum Gasteiger partial charge on any atom is 0.253 e. The Morgan fingerprint density at radius 3 is 2.67 bits per heavy atom. The van der Waals surface area contributed by atoms with E-state index < -0.39 is 0 Å². The monoisotopic (exact) mass is 370 g/mol. The van der Waals surface area contributed by atoms with Crippen molar-refractivity contribution in [1.29, 1.82) is 0 Å². The largest absolute Gasteiger partial charge is 0.486 e. The highest BCUT2D eigenvalue weighted by Gasteiger charge is 2.25. The van der Waals surface area contributed by atoms with E-state index in [1.807, 2.05) is 29.2 Å². The molecule has 2 aromatic rings. The molecule has 0 radical (unpaired) electrons. The molecular formula is C21H23FN2O3. The maximum absolute atomic E-state index is 14.5. The van der Waals surface area contributed by atoms with Crippen LogP contribution < -0.4 is 14.4 Å². The third-order valence-corrected chi connectivity index (χ3v) is 5.03. The van der Waals surface area contributed by atoms with E-state index in [0.29, 0.717) is 35.9 Å². The van der Waals surface area contributed by atoms with Gasteiger partial charge in [-0.3, -0.25) is 4.79 Å². The zero-order valence-corrected chi connectivity index (χ0v) is 15.4. The Bertz CT molecular complexity index is 836. The molecule has 1 fully saturated rings. The minimum atomic E-state index is -0.345. The molecule has 2 heterocycles. The van der Waals surface area contributed by atoms with Gasteiger partial charge in [-0.05, 0) is 43.2 Å². The number of halogens is 1. The van der Waals surface area contributed by atoms with Gasteiger partial charge in [-0.2, -0.15) is 0 Å². The summed E-state index contributed by atoms with van der Waals surface area (Å²) in [6.07, 6.45) is 1.90. The predicted octanol–water partition coefficient (Wildman–Crippen LogP) is 3.34. The lowest BCUT2D eigenvalue weighted by Gasteiger charge is -2.29. The quantitative estimate of drug-likeness (QED) is 0.828. The minimum absolute atomic E-state index is 0.232. The Hall–Kier alpha value is -2.76. The Balaban J connectivity index is 1.41. The summed E-state index contributed by atoms with van der Waals surface area (Å²) in [6.45, 7) is 2.47. The second-order valence-electron chi connectivity index (χ2n) is 7.04. The van der Waals surface area contributed by atoms with Crippen LogP contribution in [0.1, 0.15) is 23.2 Å². The number of hydrogen-bond donors (Lipinski definition) is 0. The third-order valence-electron chi connectivity index (χ3n) is 5.03. The van der Waals surface area contributed by atoms with Crippen LogP contribution in [0.5, 0.6) is 11.5 Å². The summed E-state index contributed by atoms with van der Waals surface area (Å²) in [6, 6.07) is 12.2. The van der Waals surface area contributed by atoms with Crippen molar-refractivity contribution in [2.75, 3.05) is 38.2 Å². The molecule has 1 saturated heterocycles. The summed E-state index contributed by atoms with van der Waals surface area (Å²) in [5, 5.41) is 0. The second kappa shape index (κ2) is 7.47. The highest BCUT2D eigenvalue weighted by Crippen LogP contribution is 2.31. The molecule has 0 aromatic heterocycles. The van der Waals surface area contributed by atoms with E-state index in [1.54, 1.807) is 24.1 Å². The average molecular weight is 370 g/mol. The molecule has 4 rings (SSSR count). The standard InChI is InChI=1S/C21H23FN2O3/c1-23(13-16-14-26-19-6-2-3-7-20(19)27-16)21(25)15-8-9-18(17(22)12-15)24-10-4-5-11-24/h2-3,6-9,12,16H,4-5,10-11,13-14H2,1H3. The first-order chi connectivity index (χ1) is 13.1. The molecule has 1 atom stereocenters. The summed E-state index contributed by atoms with van der Waals surface area (Å²) >= 11 is 0. The van der Waals surface area contributed by atoms with Gasteiger partial charge in [-0.1, -0.05) is 12.1 Å². The highest BCUT2D eigenvalue weighted by atomic mass is 19.1. The van der Waals surface area contributed by atoms with E-state index >= 15 is 0 Å². The molecule has 6 heteroatoms. The van der Waals surface area contributed by atoms with E-state index in [1.165, 1.54) is 6.07 Å². The normalized spacial score (nSPS) is 18.4. The zero-order valence-electron chi connectivity index (χ0n) is 15.4. The van der Waals surface area contributed by atoms with E-state index in [0.717, 1.165) is 25.9 Å². The van der Waals surface area contributed by atoms with Crippen LogP contribution in [0.3, 0.4) is 0 Å². The summed E-state index contributed by atoms with van der Waals surface area (Å²) in [5.41, 5.74) is 0.919. The summed E-state index contributed by atoms with van der Waals surface area (Å²) in [4.78, 5) is 16.3. The Kier molecular flexibility index (Phi) is 4.88. The van der Waals surface area contributed by atoms with Crippen LogP contribution in [-0.2, 0) is 0 Å². The lowest BCUT2D eigenvalue weighted by molar-refractivity contribution is 0.0520. The van der Waals surface area contributed by atoms with Crippen molar-refractivity contribution in [3.05, 3.63) is 53.8 Å². The van der Waals surface area contributed by atoms with Gasteiger partial charge in [0.05, 0.1) is 12.2 Å². The molecule has 0 saturated carbocycles. The predicted molar refractivity (Wildman–Crippen MR) is 101 cm³/mol. The van der Waals surface area contributed by atoms with Gasteiger partial charge in [0.25, 0.3) is 5.91 Å². The zero-order chi connectivity index (χ0) is 18.8. The smallest absolute Gasteiger partial charge is 0.253 e. The fraction of sp³-hybridized carbons (Fsp3) is 0.381. The Morgan fingerprint density at radius 2 is 1.93 bits per heavy atom. The first-order valence-electron chi connectivity index (χ1n) is 9.30. The van der Waals surface area contributed by atoms with Crippen molar-refractivity contribution >= 4 is 11.6 Å². The van der Waals surface area contributed by atoms with Crippen LogP contribution in [0.25, 0.3) is 0 Å². The van der Waals surface area contributed by atoms with E-state index in [-0.39, 0.29) is 17.8 Å². The van der Waals surface area contributed by atoms with Crippen molar-refractivity contribution in [3.8, 4) is 11.5 Å².